The van der Waals surface area contributed by atoms with Gasteiger partial charge in [-0.15, -0.1) is 0 Å². The Hall–Kier alpha value is -5.14. The number of hydrogen-bond acceptors (Lipinski definition) is 7. The van der Waals surface area contributed by atoms with Crippen LogP contribution in [-0.2, 0) is 0 Å². The van der Waals surface area contributed by atoms with Gasteiger partial charge in [-0.3, -0.25) is 4.79 Å². The first-order valence-electron chi connectivity index (χ1n) is 13.0. The third kappa shape index (κ3) is 6.59. The van der Waals surface area contributed by atoms with Crippen molar-refractivity contribution in [1.29, 1.82) is 0 Å². The van der Waals surface area contributed by atoms with Gasteiger partial charge in [0.15, 0.2) is 23.1 Å². The molecule has 1 heterocycles. The zero-order valence-electron chi connectivity index (χ0n) is 23.2. The van der Waals surface area contributed by atoms with E-state index in [4.69, 9.17) is 30.5 Å². The lowest BCUT2D eigenvalue weighted by Gasteiger charge is -2.12. The third-order valence-electron chi connectivity index (χ3n) is 6.35. The van der Waals surface area contributed by atoms with Crippen molar-refractivity contribution in [3.05, 3.63) is 119 Å². The molecule has 0 amide bonds. The number of benzene rings is 4. The normalized spacial score (nSPS) is 11.2. The number of fused-ring (bicyclic) bond motifs is 1. The molecule has 8 heteroatoms. The van der Waals surface area contributed by atoms with Crippen molar-refractivity contribution in [1.82, 2.24) is 9.97 Å². The molecule has 0 aliphatic rings. The number of carbonyl (C=O) groups is 1. The molecule has 42 heavy (non-hydrogen) atoms. The average Bonchev–Trinajstić information content (AvgIpc) is 3.03. The standard InChI is InChI=1S/C34H27ClN2O5/c1-39-30-20-23(21-31(40-2)33(30)41-3)10-18-29(38)24-12-16-26(17-13-24)42-34-27-6-4-5-7-28(27)36-32(37-34)19-11-22-8-14-25(35)15-9-22/h4-21H,1-3H3/b18-10+,19-11+. The molecule has 5 aromatic rings. The maximum atomic E-state index is 12.9. The minimum absolute atomic E-state index is 0.169. The highest BCUT2D eigenvalue weighted by Crippen LogP contribution is 2.38. The van der Waals surface area contributed by atoms with E-state index in [9.17, 15) is 4.79 Å². The van der Waals surface area contributed by atoms with Crippen molar-refractivity contribution in [2.45, 2.75) is 0 Å². The second-order valence-corrected chi connectivity index (χ2v) is 9.51. The monoisotopic (exact) mass is 578 g/mol. The van der Waals surface area contributed by atoms with E-state index in [1.807, 2.05) is 60.7 Å². The van der Waals surface area contributed by atoms with Crippen molar-refractivity contribution in [2.75, 3.05) is 21.3 Å². The fraction of sp³-hybridized carbons (Fsp3) is 0.0882. The number of hydrogen-bond donors (Lipinski definition) is 0. The highest BCUT2D eigenvalue weighted by molar-refractivity contribution is 6.30. The summed E-state index contributed by atoms with van der Waals surface area (Å²) in [5.74, 6) is 2.78. The lowest BCUT2D eigenvalue weighted by molar-refractivity contribution is 0.104. The summed E-state index contributed by atoms with van der Waals surface area (Å²) in [5.41, 5.74) is 2.96. The predicted octanol–water partition coefficient (Wildman–Crippen LogP) is 8.17. The number of nitrogens with zero attached hydrogens (tertiary/aromatic N) is 2. The van der Waals surface area contributed by atoms with Crippen LogP contribution < -0.4 is 18.9 Å². The lowest BCUT2D eigenvalue weighted by atomic mass is 10.1. The van der Waals surface area contributed by atoms with E-state index in [-0.39, 0.29) is 5.78 Å². The van der Waals surface area contributed by atoms with Crippen molar-refractivity contribution >= 4 is 46.5 Å². The molecule has 0 N–H and O–H groups in total. The Morgan fingerprint density at radius 3 is 2.10 bits per heavy atom. The molecule has 0 fully saturated rings. The largest absolute Gasteiger partial charge is 0.493 e. The minimum Gasteiger partial charge on any atom is -0.493 e. The average molecular weight is 579 g/mol. The van der Waals surface area contributed by atoms with Gasteiger partial charge in [0, 0.05) is 10.6 Å². The molecule has 5 rings (SSSR count). The van der Waals surface area contributed by atoms with Crippen molar-refractivity contribution in [2.24, 2.45) is 0 Å². The van der Waals surface area contributed by atoms with Gasteiger partial charge < -0.3 is 18.9 Å². The Morgan fingerprint density at radius 2 is 1.43 bits per heavy atom. The van der Waals surface area contributed by atoms with E-state index in [0.29, 0.717) is 45.3 Å². The lowest BCUT2D eigenvalue weighted by Crippen LogP contribution is -1.97. The zero-order chi connectivity index (χ0) is 29.5. The summed E-state index contributed by atoms with van der Waals surface area (Å²) in [7, 11) is 4.63. The summed E-state index contributed by atoms with van der Waals surface area (Å²) in [4.78, 5) is 22.2. The number of aromatic nitrogens is 2. The Morgan fingerprint density at radius 1 is 0.738 bits per heavy atom. The predicted molar refractivity (Wildman–Crippen MR) is 166 cm³/mol. The number of para-hydroxylation sites is 1. The molecule has 0 unspecified atom stereocenters. The Bertz CT molecular complexity index is 1760. The van der Waals surface area contributed by atoms with Crippen LogP contribution in [0.25, 0.3) is 29.1 Å². The molecule has 4 aromatic carbocycles. The molecule has 0 bridgehead atoms. The fourth-order valence-corrected chi connectivity index (χ4v) is 4.35. The van der Waals surface area contributed by atoms with Crippen LogP contribution in [0.2, 0.25) is 5.02 Å². The van der Waals surface area contributed by atoms with Gasteiger partial charge in [-0.05, 0) is 83.9 Å². The van der Waals surface area contributed by atoms with Gasteiger partial charge >= 0.3 is 0 Å². The summed E-state index contributed by atoms with van der Waals surface area (Å²) in [6.07, 6.45) is 6.93. The minimum atomic E-state index is -0.169. The molecule has 210 valence electrons. The highest BCUT2D eigenvalue weighted by Gasteiger charge is 2.13. The summed E-state index contributed by atoms with van der Waals surface area (Å²) in [6.45, 7) is 0. The first-order valence-corrected chi connectivity index (χ1v) is 13.4. The second-order valence-electron chi connectivity index (χ2n) is 9.07. The maximum absolute atomic E-state index is 12.9. The Balaban J connectivity index is 1.34. The van der Waals surface area contributed by atoms with Crippen LogP contribution in [0.15, 0.2) is 91.0 Å². The van der Waals surface area contributed by atoms with E-state index < -0.39 is 0 Å². The van der Waals surface area contributed by atoms with Gasteiger partial charge in [-0.1, -0.05) is 48.0 Å². The van der Waals surface area contributed by atoms with Crippen molar-refractivity contribution in [3.63, 3.8) is 0 Å². The summed E-state index contributed by atoms with van der Waals surface area (Å²) < 4.78 is 22.3. The van der Waals surface area contributed by atoms with Crippen LogP contribution in [0.5, 0.6) is 28.9 Å². The van der Waals surface area contributed by atoms with Crippen LogP contribution in [0, 0.1) is 0 Å². The molecule has 0 saturated carbocycles. The third-order valence-corrected chi connectivity index (χ3v) is 6.60. The van der Waals surface area contributed by atoms with E-state index >= 15 is 0 Å². The summed E-state index contributed by atoms with van der Waals surface area (Å²) >= 11 is 5.99. The number of ketones is 1. The molecule has 0 radical (unpaired) electrons. The number of allylic oxidation sites excluding steroid dienone is 1. The quantitative estimate of drug-likeness (QED) is 0.122. The number of methoxy groups -OCH3 is 3. The molecular formula is C34H27ClN2O5. The van der Waals surface area contributed by atoms with E-state index in [1.165, 1.54) is 6.08 Å². The van der Waals surface area contributed by atoms with Crippen LogP contribution in [0.4, 0.5) is 0 Å². The van der Waals surface area contributed by atoms with Gasteiger partial charge in [-0.2, -0.15) is 4.98 Å². The molecule has 0 aliphatic heterocycles. The first kappa shape index (κ1) is 28.4. The topological polar surface area (TPSA) is 79.8 Å². The highest BCUT2D eigenvalue weighted by atomic mass is 35.5. The van der Waals surface area contributed by atoms with Gasteiger partial charge in [-0.25, -0.2) is 4.98 Å². The smallest absolute Gasteiger partial charge is 0.230 e. The summed E-state index contributed by atoms with van der Waals surface area (Å²) in [5, 5.41) is 1.45. The molecule has 0 saturated heterocycles. The molecule has 7 nitrogen and oxygen atoms in total. The van der Waals surface area contributed by atoms with Gasteiger partial charge in [0.05, 0.1) is 32.2 Å². The van der Waals surface area contributed by atoms with Crippen LogP contribution >= 0.6 is 11.6 Å². The van der Waals surface area contributed by atoms with Gasteiger partial charge in [0.2, 0.25) is 11.6 Å². The number of ether oxygens (including phenoxy) is 4. The number of halogens is 1. The molecule has 1 aromatic heterocycles. The molecule has 0 atom stereocenters. The van der Waals surface area contributed by atoms with Crippen molar-refractivity contribution in [3.8, 4) is 28.9 Å². The maximum Gasteiger partial charge on any atom is 0.230 e. The molecule has 0 spiro atoms. The second kappa shape index (κ2) is 13.0. The molecular weight excluding hydrogens is 552 g/mol. The first-order chi connectivity index (χ1) is 20.5. The number of carbonyl (C=O) groups excluding carboxylic acids is 1. The van der Waals surface area contributed by atoms with Gasteiger partial charge in [0.1, 0.15) is 5.75 Å². The van der Waals surface area contributed by atoms with E-state index in [0.717, 1.165) is 22.0 Å². The number of rotatable bonds is 10. The van der Waals surface area contributed by atoms with Crippen molar-refractivity contribution < 1.29 is 23.7 Å². The van der Waals surface area contributed by atoms with Crippen LogP contribution in [0.1, 0.15) is 27.3 Å². The zero-order valence-corrected chi connectivity index (χ0v) is 24.0. The van der Waals surface area contributed by atoms with Gasteiger partial charge in [0.25, 0.3) is 0 Å². The molecule has 0 aliphatic carbocycles. The fourth-order valence-electron chi connectivity index (χ4n) is 4.23. The van der Waals surface area contributed by atoms with E-state index in [1.54, 1.807) is 63.8 Å². The van der Waals surface area contributed by atoms with Crippen LogP contribution in [0.3, 0.4) is 0 Å². The Kier molecular flexibility index (Phi) is 8.80. The van der Waals surface area contributed by atoms with Crippen LogP contribution in [-0.4, -0.2) is 37.1 Å². The Labute approximate surface area is 248 Å². The SMILES string of the molecule is COc1cc(/C=C/C(=O)c2ccc(Oc3nc(/C=C/c4ccc(Cl)cc4)nc4ccccc34)cc2)cc(OC)c1OC. The summed E-state index contributed by atoms with van der Waals surface area (Å²) in [6, 6.07) is 25.6. The van der Waals surface area contributed by atoms with E-state index in [2.05, 4.69) is 9.97 Å².